The van der Waals surface area contributed by atoms with Gasteiger partial charge in [-0.15, -0.1) is 0 Å². The highest BCUT2D eigenvalue weighted by molar-refractivity contribution is 5.72. The largest absolute Gasteiger partial charge is 0.497 e. The van der Waals surface area contributed by atoms with Gasteiger partial charge in [-0.3, -0.25) is 4.79 Å². The first-order valence-corrected chi connectivity index (χ1v) is 6.20. The van der Waals surface area contributed by atoms with Crippen LogP contribution >= 0.6 is 0 Å². The first-order chi connectivity index (χ1) is 9.67. The Hall–Kier alpha value is -2.36. The predicted octanol–water partition coefficient (Wildman–Crippen LogP) is 3.12. The zero-order valence-electron chi connectivity index (χ0n) is 11.1. The molecule has 2 aromatic rings. The number of rotatable bonds is 5. The minimum absolute atomic E-state index is 0.148. The van der Waals surface area contributed by atoms with Crippen LogP contribution in [0.15, 0.2) is 48.5 Å². The summed E-state index contributed by atoms with van der Waals surface area (Å²) in [5.74, 6) is 0.117. The Morgan fingerprint density at radius 3 is 2.20 bits per heavy atom. The zero-order chi connectivity index (χ0) is 14.4. The fourth-order valence-electron chi connectivity index (χ4n) is 1.71. The van der Waals surface area contributed by atoms with Gasteiger partial charge in [0.25, 0.3) is 0 Å². The molecule has 0 aromatic heterocycles. The second kappa shape index (κ2) is 6.70. The van der Waals surface area contributed by atoms with Crippen molar-refractivity contribution in [3.63, 3.8) is 0 Å². The van der Waals surface area contributed by atoms with Crippen LogP contribution in [0.5, 0.6) is 5.75 Å². The van der Waals surface area contributed by atoms with Crippen molar-refractivity contribution in [1.82, 2.24) is 0 Å². The highest BCUT2D eigenvalue weighted by Gasteiger charge is 2.05. The second-order valence-corrected chi connectivity index (χ2v) is 4.31. The first kappa shape index (κ1) is 14.1. The molecule has 0 saturated heterocycles. The normalized spacial score (nSPS) is 10.1. The molecular weight excluding hydrogens is 259 g/mol. The number of methoxy groups -OCH3 is 1. The van der Waals surface area contributed by atoms with E-state index in [2.05, 4.69) is 0 Å². The van der Waals surface area contributed by atoms with Gasteiger partial charge in [0.15, 0.2) is 0 Å². The summed E-state index contributed by atoms with van der Waals surface area (Å²) in [5.41, 5.74) is 1.62. The third-order valence-corrected chi connectivity index (χ3v) is 2.82. The fraction of sp³-hybridized carbons (Fsp3) is 0.188. The number of carbonyl (C=O) groups is 1. The van der Waals surface area contributed by atoms with Crippen LogP contribution in [0, 0.1) is 5.82 Å². The Morgan fingerprint density at radius 2 is 1.60 bits per heavy atom. The molecule has 0 atom stereocenters. The molecule has 2 rings (SSSR count). The molecule has 2 aromatic carbocycles. The number of carbonyl (C=O) groups excluding carboxylic acids is 1. The average Bonchev–Trinajstić information content (AvgIpc) is 2.47. The highest BCUT2D eigenvalue weighted by Crippen LogP contribution is 2.12. The van der Waals surface area contributed by atoms with Crippen molar-refractivity contribution < 1.29 is 18.7 Å². The van der Waals surface area contributed by atoms with Crippen LogP contribution in [0.4, 0.5) is 4.39 Å². The molecule has 0 fully saturated rings. The molecule has 0 aliphatic heterocycles. The molecule has 0 saturated carbocycles. The summed E-state index contributed by atoms with van der Waals surface area (Å²) < 4.78 is 22.9. The van der Waals surface area contributed by atoms with E-state index < -0.39 is 0 Å². The van der Waals surface area contributed by atoms with E-state index in [0.717, 1.165) is 16.9 Å². The molecule has 4 heteroatoms. The summed E-state index contributed by atoms with van der Waals surface area (Å²) in [5, 5.41) is 0. The van der Waals surface area contributed by atoms with Gasteiger partial charge in [0.05, 0.1) is 13.5 Å². The third kappa shape index (κ3) is 4.09. The van der Waals surface area contributed by atoms with Crippen molar-refractivity contribution in [2.75, 3.05) is 7.11 Å². The van der Waals surface area contributed by atoms with Crippen molar-refractivity contribution in [3.8, 4) is 5.75 Å². The molecule has 104 valence electrons. The lowest BCUT2D eigenvalue weighted by Gasteiger charge is -2.06. The molecule has 3 nitrogen and oxygen atoms in total. The van der Waals surface area contributed by atoms with Crippen LogP contribution in [-0.4, -0.2) is 13.1 Å². The standard InChI is InChI=1S/C16H15FO3/c1-19-15-8-4-12(5-9-15)10-16(18)20-11-13-2-6-14(17)7-3-13/h2-9H,10-11H2,1H3. The van der Waals surface area contributed by atoms with Crippen molar-refractivity contribution in [3.05, 3.63) is 65.5 Å². The Kier molecular flexibility index (Phi) is 4.71. The molecule has 0 bridgehead atoms. The summed E-state index contributed by atoms with van der Waals surface area (Å²) in [4.78, 5) is 11.7. The maximum Gasteiger partial charge on any atom is 0.310 e. The van der Waals surface area contributed by atoms with E-state index in [1.165, 1.54) is 12.1 Å². The van der Waals surface area contributed by atoms with Crippen molar-refractivity contribution in [2.24, 2.45) is 0 Å². The molecule has 0 heterocycles. The van der Waals surface area contributed by atoms with Crippen LogP contribution in [0.1, 0.15) is 11.1 Å². The quantitative estimate of drug-likeness (QED) is 0.786. The van der Waals surface area contributed by atoms with Crippen LogP contribution in [-0.2, 0) is 22.6 Å². The van der Waals surface area contributed by atoms with Gasteiger partial charge in [-0.05, 0) is 35.4 Å². The van der Waals surface area contributed by atoms with Crippen molar-refractivity contribution in [2.45, 2.75) is 13.0 Å². The Morgan fingerprint density at radius 1 is 1.00 bits per heavy atom. The average molecular weight is 274 g/mol. The molecular formula is C16H15FO3. The van der Waals surface area contributed by atoms with Crippen molar-refractivity contribution in [1.29, 1.82) is 0 Å². The van der Waals surface area contributed by atoms with E-state index >= 15 is 0 Å². The van der Waals surface area contributed by atoms with Crippen LogP contribution in [0.3, 0.4) is 0 Å². The van der Waals surface area contributed by atoms with E-state index in [9.17, 15) is 9.18 Å². The topological polar surface area (TPSA) is 35.5 Å². The van der Waals surface area contributed by atoms with Crippen molar-refractivity contribution >= 4 is 5.97 Å². The number of hydrogen-bond acceptors (Lipinski definition) is 3. The Labute approximate surface area is 117 Å². The van der Waals surface area contributed by atoms with Crippen LogP contribution in [0.25, 0.3) is 0 Å². The maximum atomic E-state index is 12.7. The number of benzene rings is 2. The van der Waals surface area contributed by atoms with E-state index in [-0.39, 0.29) is 24.8 Å². The summed E-state index contributed by atoms with van der Waals surface area (Å²) >= 11 is 0. The Bertz CT molecular complexity index is 561. The van der Waals surface area contributed by atoms with Gasteiger partial charge in [-0.1, -0.05) is 24.3 Å². The van der Waals surface area contributed by atoms with E-state index in [0.29, 0.717) is 0 Å². The van der Waals surface area contributed by atoms with Gasteiger partial charge in [0, 0.05) is 0 Å². The summed E-state index contributed by atoms with van der Waals surface area (Å²) in [6.07, 6.45) is 0.200. The van der Waals surface area contributed by atoms with Crippen LogP contribution < -0.4 is 4.74 Å². The van der Waals surface area contributed by atoms with Crippen LogP contribution in [0.2, 0.25) is 0 Å². The molecule has 0 unspecified atom stereocenters. The van der Waals surface area contributed by atoms with E-state index in [4.69, 9.17) is 9.47 Å². The molecule has 0 aliphatic carbocycles. The third-order valence-electron chi connectivity index (χ3n) is 2.82. The molecule has 0 aliphatic rings. The van der Waals surface area contributed by atoms with Gasteiger partial charge in [-0.25, -0.2) is 4.39 Å². The Balaban J connectivity index is 1.84. The van der Waals surface area contributed by atoms with Gasteiger partial charge < -0.3 is 9.47 Å². The predicted molar refractivity (Wildman–Crippen MR) is 72.9 cm³/mol. The SMILES string of the molecule is COc1ccc(CC(=O)OCc2ccc(F)cc2)cc1. The minimum atomic E-state index is -0.320. The molecule has 0 spiro atoms. The van der Waals surface area contributed by atoms with E-state index in [1.807, 2.05) is 12.1 Å². The molecule has 0 amide bonds. The molecule has 0 radical (unpaired) electrons. The number of halogens is 1. The summed E-state index contributed by atoms with van der Waals surface area (Å²) in [6.45, 7) is 0.148. The van der Waals surface area contributed by atoms with Gasteiger partial charge >= 0.3 is 5.97 Å². The molecule has 20 heavy (non-hydrogen) atoms. The summed E-state index contributed by atoms with van der Waals surface area (Å²) in [6, 6.07) is 13.1. The maximum absolute atomic E-state index is 12.7. The van der Waals surface area contributed by atoms with Gasteiger partial charge in [0.2, 0.25) is 0 Å². The monoisotopic (exact) mass is 274 g/mol. The number of ether oxygens (including phenoxy) is 2. The zero-order valence-corrected chi connectivity index (χ0v) is 11.1. The smallest absolute Gasteiger partial charge is 0.310 e. The fourth-order valence-corrected chi connectivity index (χ4v) is 1.71. The lowest BCUT2D eigenvalue weighted by atomic mass is 10.1. The minimum Gasteiger partial charge on any atom is -0.497 e. The lowest BCUT2D eigenvalue weighted by Crippen LogP contribution is -2.08. The van der Waals surface area contributed by atoms with E-state index in [1.54, 1.807) is 31.4 Å². The number of hydrogen-bond donors (Lipinski definition) is 0. The number of esters is 1. The second-order valence-electron chi connectivity index (χ2n) is 4.31. The summed E-state index contributed by atoms with van der Waals surface area (Å²) in [7, 11) is 1.59. The van der Waals surface area contributed by atoms with Gasteiger partial charge in [-0.2, -0.15) is 0 Å². The molecule has 0 N–H and O–H groups in total. The highest BCUT2D eigenvalue weighted by atomic mass is 19.1. The first-order valence-electron chi connectivity index (χ1n) is 6.20. The lowest BCUT2D eigenvalue weighted by molar-refractivity contribution is -0.144. The van der Waals surface area contributed by atoms with Gasteiger partial charge in [0.1, 0.15) is 18.2 Å².